The van der Waals surface area contributed by atoms with Gasteiger partial charge in [-0.25, -0.2) is 4.98 Å². The van der Waals surface area contributed by atoms with Crippen molar-refractivity contribution in [2.45, 2.75) is 25.8 Å². The molecule has 1 aliphatic heterocycles. The number of imidazole rings is 1. The molecule has 5 heteroatoms. The fourth-order valence-electron chi connectivity index (χ4n) is 3.87. The number of fused-ring (bicyclic) bond motifs is 1. The molecule has 3 aromatic rings. The molecule has 0 amide bonds. The van der Waals surface area contributed by atoms with Crippen LogP contribution >= 0.6 is 0 Å². The largest absolute Gasteiger partial charge is 0.467 e. The van der Waals surface area contributed by atoms with Crippen molar-refractivity contribution in [3.63, 3.8) is 0 Å². The van der Waals surface area contributed by atoms with Crippen molar-refractivity contribution in [1.29, 1.82) is 0 Å². The third kappa shape index (κ3) is 3.62. The van der Waals surface area contributed by atoms with Crippen LogP contribution in [0.4, 0.5) is 0 Å². The van der Waals surface area contributed by atoms with Gasteiger partial charge in [-0.2, -0.15) is 0 Å². The van der Waals surface area contributed by atoms with Gasteiger partial charge in [-0.3, -0.25) is 0 Å². The summed E-state index contributed by atoms with van der Waals surface area (Å²) in [5.74, 6) is 2.85. The minimum atomic E-state index is 0.696. The number of likely N-dealkylation sites (tertiary alicyclic amines) is 1. The highest BCUT2D eigenvalue weighted by molar-refractivity contribution is 5.76. The Morgan fingerprint density at radius 2 is 1.96 bits per heavy atom. The first-order chi connectivity index (χ1) is 12.3. The first-order valence-corrected chi connectivity index (χ1v) is 9.22. The molecule has 0 bridgehead atoms. The Morgan fingerprint density at radius 1 is 1.12 bits per heavy atom. The van der Waals surface area contributed by atoms with E-state index in [2.05, 4.69) is 33.7 Å². The second-order valence-electron chi connectivity index (χ2n) is 6.96. The fraction of sp³-hybridized carbons (Fsp3) is 0.450. The van der Waals surface area contributed by atoms with Gasteiger partial charge < -0.3 is 19.6 Å². The highest BCUT2D eigenvalue weighted by Gasteiger charge is 2.22. The van der Waals surface area contributed by atoms with E-state index in [4.69, 9.17) is 15.1 Å². The van der Waals surface area contributed by atoms with Gasteiger partial charge in [0.05, 0.1) is 23.8 Å². The fourth-order valence-corrected chi connectivity index (χ4v) is 3.87. The van der Waals surface area contributed by atoms with Crippen LogP contribution in [-0.2, 0) is 13.0 Å². The van der Waals surface area contributed by atoms with E-state index in [-0.39, 0.29) is 0 Å². The number of benzene rings is 1. The second kappa shape index (κ2) is 7.42. The molecule has 25 heavy (non-hydrogen) atoms. The molecule has 0 atom stereocenters. The van der Waals surface area contributed by atoms with Crippen molar-refractivity contribution >= 4 is 11.0 Å². The monoisotopic (exact) mass is 338 g/mol. The molecule has 4 rings (SSSR count). The zero-order chi connectivity index (χ0) is 17.1. The van der Waals surface area contributed by atoms with Gasteiger partial charge in [-0.15, -0.1) is 0 Å². The van der Waals surface area contributed by atoms with Gasteiger partial charge in [0, 0.05) is 19.5 Å². The molecule has 1 aliphatic rings. The Kier molecular flexibility index (Phi) is 4.85. The number of aromatic nitrogens is 2. The number of piperidine rings is 1. The third-order valence-corrected chi connectivity index (χ3v) is 5.25. The molecule has 1 saturated heterocycles. The molecule has 0 unspecified atom stereocenters. The molecule has 2 N–H and O–H groups in total. The quantitative estimate of drug-likeness (QED) is 0.751. The smallest absolute Gasteiger partial charge is 0.123 e. The number of rotatable bonds is 6. The highest BCUT2D eigenvalue weighted by Crippen LogP contribution is 2.25. The zero-order valence-corrected chi connectivity index (χ0v) is 14.6. The standard InChI is InChI=1S/C20H26N4O/c21-9-12-23-10-7-16(8-11-23)14-20-22-18-5-1-2-6-19(18)24(20)15-17-4-3-13-25-17/h1-6,13,16H,7-12,14-15,21H2. The Labute approximate surface area is 148 Å². The van der Waals surface area contributed by atoms with E-state index in [1.54, 1.807) is 6.26 Å². The molecule has 1 fully saturated rings. The first kappa shape index (κ1) is 16.4. The lowest BCUT2D eigenvalue weighted by atomic mass is 9.93. The maximum absolute atomic E-state index is 5.68. The van der Waals surface area contributed by atoms with Gasteiger partial charge in [0.1, 0.15) is 11.6 Å². The van der Waals surface area contributed by atoms with Crippen LogP contribution in [0.5, 0.6) is 0 Å². The topological polar surface area (TPSA) is 60.2 Å². The molecule has 0 spiro atoms. The number of hydrogen-bond acceptors (Lipinski definition) is 4. The Bertz CT molecular complexity index is 800. The Morgan fingerprint density at radius 3 is 2.72 bits per heavy atom. The summed E-state index contributed by atoms with van der Waals surface area (Å²) >= 11 is 0. The van der Waals surface area contributed by atoms with Crippen LogP contribution in [0, 0.1) is 5.92 Å². The Hall–Kier alpha value is -2.11. The molecule has 0 radical (unpaired) electrons. The van der Waals surface area contributed by atoms with Crippen molar-refractivity contribution < 1.29 is 4.42 Å². The van der Waals surface area contributed by atoms with E-state index in [9.17, 15) is 0 Å². The highest BCUT2D eigenvalue weighted by atomic mass is 16.3. The van der Waals surface area contributed by atoms with E-state index >= 15 is 0 Å². The lowest BCUT2D eigenvalue weighted by Crippen LogP contribution is -2.37. The minimum Gasteiger partial charge on any atom is -0.467 e. The van der Waals surface area contributed by atoms with Crippen molar-refractivity contribution in [2.24, 2.45) is 11.7 Å². The molecule has 132 valence electrons. The zero-order valence-electron chi connectivity index (χ0n) is 14.6. The summed E-state index contributed by atoms with van der Waals surface area (Å²) in [7, 11) is 0. The van der Waals surface area contributed by atoms with Crippen LogP contribution in [0.25, 0.3) is 11.0 Å². The second-order valence-corrected chi connectivity index (χ2v) is 6.96. The van der Waals surface area contributed by atoms with Gasteiger partial charge in [-0.1, -0.05) is 12.1 Å². The van der Waals surface area contributed by atoms with E-state index in [1.165, 1.54) is 24.2 Å². The molecule has 1 aromatic carbocycles. The molecule has 0 saturated carbocycles. The van der Waals surface area contributed by atoms with Crippen LogP contribution in [0.3, 0.4) is 0 Å². The molecular weight excluding hydrogens is 312 g/mol. The maximum atomic E-state index is 5.68. The summed E-state index contributed by atoms with van der Waals surface area (Å²) < 4.78 is 7.89. The normalized spacial score (nSPS) is 16.7. The average Bonchev–Trinajstić information content (AvgIpc) is 3.26. The Balaban J connectivity index is 1.54. The predicted molar refractivity (Wildman–Crippen MR) is 99.5 cm³/mol. The number of furan rings is 1. The number of nitrogens with zero attached hydrogens (tertiary/aromatic N) is 3. The number of para-hydroxylation sites is 2. The van der Waals surface area contributed by atoms with Crippen molar-refractivity contribution in [3.05, 3.63) is 54.2 Å². The van der Waals surface area contributed by atoms with Crippen LogP contribution in [0.1, 0.15) is 24.4 Å². The summed E-state index contributed by atoms with van der Waals surface area (Å²) in [6.45, 7) is 4.82. The van der Waals surface area contributed by atoms with Gasteiger partial charge in [0.15, 0.2) is 0 Å². The first-order valence-electron chi connectivity index (χ1n) is 9.22. The maximum Gasteiger partial charge on any atom is 0.123 e. The number of nitrogens with two attached hydrogens (primary N) is 1. The van der Waals surface area contributed by atoms with Crippen LogP contribution < -0.4 is 5.73 Å². The van der Waals surface area contributed by atoms with E-state index in [0.29, 0.717) is 5.92 Å². The molecule has 2 aromatic heterocycles. The van der Waals surface area contributed by atoms with Crippen molar-refractivity contribution in [2.75, 3.05) is 26.2 Å². The van der Waals surface area contributed by atoms with Gasteiger partial charge in [0.25, 0.3) is 0 Å². The van der Waals surface area contributed by atoms with Crippen molar-refractivity contribution in [1.82, 2.24) is 14.5 Å². The van der Waals surface area contributed by atoms with Gasteiger partial charge >= 0.3 is 0 Å². The molecule has 0 aliphatic carbocycles. The van der Waals surface area contributed by atoms with Crippen molar-refractivity contribution in [3.8, 4) is 0 Å². The molecular formula is C20H26N4O. The van der Waals surface area contributed by atoms with E-state index in [0.717, 1.165) is 50.4 Å². The minimum absolute atomic E-state index is 0.696. The average molecular weight is 338 g/mol. The van der Waals surface area contributed by atoms with Crippen LogP contribution in [0.2, 0.25) is 0 Å². The SMILES string of the molecule is NCCN1CCC(Cc2nc3ccccc3n2Cc2ccco2)CC1. The van der Waals surface area contributed by atoms with Gasteiger partial charge in [0.2, 0.25) is 0 Å². The third-order valence-electron chi connectivity index (χ3n) is 5.25. The number of hydrogen-bond donors (Lipinski definition) is 1. The van der Waals surface area contributed by atoms with Crippen LogP contribution in [-0.4, -0.2) is 40.6 Å². The lowest BCUT2D eigenvalue weighted by molar-refractivity contribution is 0.186. The van der Waals surface area contributed by atoms with E-state index < -0.39 is 0 Å². The lowest BCUT2D eigenvalue weighted by Gasteiger charge is -2.31. The summed E-state index contributed by atoms with van der Waals surface area (Å²) in [6.07, 6.45) is 5.22. The van der Waals surface area contributed by atoms with E-state index in [1.807, 2.05) is 12.1 Å². The summed E-state index contributed by atoms with van der Waals surface area (Å²) in [5, 5.41) is 0. The molecule has 5 nitrogen and oxygen atoms in total. The summed E-state index contributed by atoms with van der Waals surface area (Å²) in [6, 6.07) is 12.4. The van der Waals surface area contributed by atoms with Crippen LogP contribution in [0.15, 0.2) is 47.1 Å². The predicted octanol–water partition coefficient (Wildman–Crippen LogP) is 2.89. The summed E-state index contributed by atoms with van der Waals surface area (Å²) in [5.41, 5.74) is 7.94. The van der Waals surface area contributed by atoms with Gasteiger partial charge in [-0.05, 0) is 56.1 Å². The summed E-state index contributed by atoms with van der Waals surface area (Å²) in [4.78, 5) is 7.40. The molecule has 3 heterocycles.